The molecule has 0 bridgehead atoms. The number of hydrogen-bond acceptors (Lipinski definition) is 5. The number of nitrogens with two attached hydrogens (primary N) is 1. The van der Waals surface area contributed by atoms with Crippen LogP contribution in [-0.2, 0) is 9.53 Å². The molecular formula is C10H17N5O2. The van der Waals surface area contributed by atoms with Crippen LogP contribution in [0.25, 0.3) is 0 Å². The van der Waals surface area contributed by atoms with Gasteiger partial charge in [-0.25, -0.2) is 4.98 Å². The molecule has 1 unspecified atom stereocenters. The molecule has 0 spiro atoms. The van der Waals surface area contributed by atoms with Crippen LogP contribution in [0.15, 0.2) is 6.33 Å². The minimum atomic E-state index is -0.827. The molecule has 0 saturated carbocycles. The van der Waals surface area contributed by atoms with Gasteiger partial charge in [-0.05, 0) is 19.8 Å². The molecule has 0 aliphatic carbocycles. The first-order valence-electron chi connectivity index (χ1n) is 5.65. The van der Waals surface area contributed by atoms with Gasteiger partial charge in [-0.1, -0.05) is 0 Å². The van der Waals surface area contributed by atoms with E-state index in [0.717, 1.165) is 0 Å². The van der Waals surface area contributed by atoms with Gasteiger partial charge in [-0.15, -0.1) is 0 Å². The molecule has 2 rings (SSSR count). The number of rotatable bonds is 3. The van der Waals surface area contributed by atoms with Crippen molar-refractivity contribution in [3.05, 3.63) is 12.2 Å². The molecule has 94 valence electrons. The Morgan fingerprint density at radius 3 is 2.94 bits per heavy atom. The molecule has 0 aromatic carbocycles. The Balaban J connectivity index is 1.96. The van der Waals surface area contributed by atoms with Crippen LogP contribution in [0, 0.1) is 0 Å². The van der Waals surface area contributed by atoms with Crippen LogP contribution in [0.4, 0.5) is 0 Å². The number of nitrogens with zero attached hydrogens (tertiary/aromatic N) is 2. The number of amides is 1. The molecule has 1 amide bonds. The Bertz CT molecular complexity index is 372. The van der Waals surface area contributed by atoms with Crippen molar-refractivity contribution in [2.75, 3.05) is 13.2 Å². The molecule has 7 heteroatoms. The van der Waals surface area contributed by atoms with E-state index in [0.29, 0.717) is 31.9 Å². The van der Waals surface area contributed by atoms with Crippen molar-refractivity contribution < 1.29 is 9.53 Å². The lowest BCUT2D eigenvalue weighted by atomic mass is 9.90. The molecule has 1 atom stereocenters. The minimum absolute atomic E-state index is 0.162. The van der Waals surface area contributed by atoms with Gasteiger partial charge in [-0.2, -0.15) is 5.10 Å². The van der Waals surface area contributed by atoms with Crippen molar-refractivity contribution in [3.8, 4) is 0 Å². The highest BCUT2D eigenvalue weighted by molar-refractivity contribution is 5.86. The Hall–Kier alpha value is -1.47. The van der Waals surface area contributed by atoms with Crippen molar-refractivity contribution in [1.29, 1.82) is 0 Å². The zero-order chi connectivity index (χ0) is 12.3. The maximum atomic E-state index is 12.1. The fourth-order valence-corrected chi connectivity index (χ4v) is 1.80. The Morgan fingerprint density at radius 1 is 1.65 bits per heavy atom. The van der Waals surface area contributed by atoms with E-state index >= 15 is 0 Å². The van der Waals surface area contributed by atoms with Crippen LogP contribution >= 0.6 is 0 Å². The highest BCUT2D eigenvalue weighted by atomic mass is 16.5. The third-order valence-corrected chi connectivity index (χ3v) is 3.03. The molecule has 1 aromatic rings. The van der Waals surface area contributed by atoms with E-state index in [1.807, 2.05) is 6.92 Å². The lowest BCUT2D eigenvalue weighted by Crippen LogP contribution is -2.57. The van der Waals surface area contributed by atoms with Crippen LogP contribution in [0.5, 0.6) is 0 Å². The van der Waals surface area contributed by atoms with Gasteiger partial charge in [0.1, 0.15) is 12.2 Å². The maximum absolute atomic E-state index is 12.1. The fourth-order valence-electron chi connectivity index (χ4n) is 1.80. The van der Waals surface area contributed by atoms with Gasteiger partial charge >= 0.3 is 0 Å². The van der Waals surface area contributed by atoms with E-state index in [4.69, 9.17) is 10.5 Å². The first-order chi connectivity index (χ1) is 8.12. The predicted molar refractivity (Wildman–Crippen MR) is 59.9 cm³/mol. The van der Waals surface area contributed by atoms with Gasteiger partial charge in [0.25, 0.3) is 0 Å². The van der Waals surface area contributed by atoms with E-state index < -0.39 is 5.54 Å². The summed E-state index contributed by atoms with van der Waals surface area (Å²) in [5.74, 6) is 0.457. The number of ether oxygens (including phenoxy) is 1. The Kier molecular flexibility index (Phi) is 3.39. The number of hydrogen-bond donors (Lipinski definition) is 3. The minimum Gasteiger partial charge on any atom is -0.381 e. The smallest absolute Gasteiger partial charge is 0.240 e. The van der Waals surface area contributed by atoms with Gasteiger partial charge in [0.05, 0.1) is 11.6 Å². The number of carbonyl (C=O) groups excluding carboxylic acids is 1. The molecule has 17 heavy (non-hydrogen) atoms. The van der Waals surface area contributed by atoms with Gasteiger partial charge < -0.3 is 15.8 Å². The molecule has 4 N–H and O–H groups in total. The highest BCUT2D eigenvalue weighted by Crippen LogP contribution is 2.19. The topological polar surface area (TPSA) is 106 Å². The maximum Gasteiger partial charge on any atom is 0.240 e. The lowest BCUT2D eigenvalue weighted by molar-refractivity contribution is -0.130. The molecule has 1 aromatic heterocycles. The zero-order valence-corrected chi connectivity index (χ0v) is 9.77. The third kappa shape index (κ3) is 2.62. The fraction of sp³-hybridized carbons (Fsp3) is 0.700. The summed E-state index contributed by atoms with van der Waals surface area (Å²) in [7, 11) is 0. The van der Waals surface area contributed by atoms with Gasteiger partial charge in [0.2, 0.25) is 5.91 Å². The van der Waals surface area contributed by atoms with E-state index in [1.54, 1.807) is 0 Å². The molecule has 7 nitrogen and oxygen atoms in total. The van der Waals surface area contributed by atoms with E-state index in [9.17, 15) is 4.79 Å². The molecule has 1 saturated heterocycles. The predicted octanol–water partition coefficient (Wildman–Crippen LogP) is -0.510. The standard InChI is InChI=1S/C10H17N5O2/c1-7(8-12-6-13-15-8)14-9(16)10(11)2-4-17-5-3-10/h6-7H,2-5,11H2,1H3,(H,14,16)(H,12,13,15). The van der Waals surface area contributed by atoms with Crippen molar-refractivity contribution in [2.45, 2.75) is 31.3 Å². The first-order valence-corrected chi connectivity index (χ1v) is 5.65. The second-order valence-electron chi connectivity index (χ2n) is 4.33. The van der Waals surface area contributed by atoms with Gasteiger partial charge in [0.15, 0.2) is 0 Å². The largest absolute Gasteiger partial charge is 0.381 e. The molecule has 1 aliphatic heterocycles. The third-order valence-electron chi connectivity index (χ3n) is 3.03. The summed E-state index contributed by atoms with van der Waals surface area (Å²) < 4.78 is 5.20. The Morgan fingerprint density at radius 2 is 2.35 bits per heavy atom. The average Bonchev–Trinajstić information content (AvgIpc) is 2.83. The van der Waals surface area contributed by atoms with E-state index in [1.165, 1.54) is 6.33 Å². The zero-order valence-electron chi connectivity index (χ0n) is 9.77. The first kappa shape index (κ1) is 12.0. The summed E-state index contributed by atoms with van der Waals surface area (Å²) >= 11 is 0. The highest BCUT2D eigenvalue weighted by Gasteiger charge is 2.36. The Labute approximate surface area is 99.1 Å². The number of H-pyrrole nitrogens is 1. The van der Waals surface area contributed by atoms with Crippen LogP contribution in [-0.4, -0.2) is 39.8 Å². The quantitative estimate of drug-likeness (QED) is 0.658. The summed E-state index contributed by atoms with van der Waals surface area (Å²) in [6.07, 6.45) is 2.49. The van der Waals surface area contributed by atoms with Crippen molar-refractivity contribution >= 4 is 5.91 Å². The molecule has 1 fully saturated rings. The van der Waals surface area contributed by atoms with Gasteiger partial charge in [-0.3, -0.25) is 9.89 Å². The monoisotopic (exact) mass is 239 g/mol. The van der Waals surface area contributed by atoms with Crippen LogP contribution in [0.3, 0.4) is 0 Å². The molecule has 2 heterocycles. The summed E-state index contributed by atoms with van der Waals surface area (Å²) in [5, 5.41) is 9.30. The number of nitrogens with one attached hydrogen (secondary N) is 2. The van der Waals surface area contributed by atoms with E-state index in [2.05, 4.69) is 20.5 Å². The van der Waals surface area contributed by atoms with Crippen LogP contribution < -0.4 is 11.1 Å². The average molecular weight is 239 g/mol. The van der Waals surface area contributed by atoms with Crippen LogP contribution in [0.2, 0.25) is 0 Å². The van der Waals surface area contributed by atoms with E-state index in [-0.39, 0.29) is 11.9 Å². The van der Waals surface area contributed by atoms with Crippen molar-refractivity contribution in [3.63, 3.8) is 0 Å². The summed E-state index contributed by atoms with van der Waals surface area (Å²) in [6, 6.07) is -0.228. The second-order valence-corrected chi connectivity index (χ2v) is 4.33. The number of aromatic nitrogens is 3. The number of aromatic amines is 1. The van der Waals surface area contributed by atoms with Crippen molar-refractivity contribution in [2.24, 2.45) is 5.73 Å². The summed E-state index contributed by atoms with van der Waals surface area (Å²) in [5.41, 5.74) is 5.24. The summed E-state index contributed by atoms with van der Waals surface area (Å²) in [4.78, 5) is 16.1. The molecular weight excluding hydrogens is 222 g/mol. The molecule has 1 aliphatic rings. The van der Waals surface area contributed by atoms with Gasteiger partial charge in [0, 0.05) is 13.2 Å². The number of carbonyl (C=O) groups is 1. The normalized spacial score (nSPS) is 20.8. The second kappa shape index (κ2) is 4.80. The summed E-state index contributed by atoms with van der Waals surface area (Å²) in [6.45, 7) is 2.89. The molecule has 0 radical (unpaired) electrons. The van der Waals surface area contributed by atoms with Crippen LogP contribution in [0.1, 0.15) is 31.6 Å². The SMILES string of the molecule is CC(NC(=O)C1(N)CCOCC1)c1ncn[nH]1. The van der Waals surface area contributed by atoms with Crippen molar-refractivity contribution in [1.82, 2.24) is 20.5 Å². The lowest BCUT2D eigenvalue weighted by Gasteiger charge is -2.32.